The van der Waals surface area contributed by atoms with Gasteiger partial charge in [0.15, 0.2) is 16.5 Å². The van der Waals surface area contributed by atoms with Crippen LogP contribution >= 0.6 is 0 Å². The number of nitrogens with zero attached hydrogens (tertiary/aromatic N) is 1. The summed E-state index contributed by atoms with van der Waals surface area (Å²) in [4.78, 5) is 1.74. The number of benzene rings is 1. The second kappa shape index (κ2) is 9.73. The van der Waals surface area contributed by atoms with Crippen LogP contribution in [0.4, 0.5) is 0 Å². The van der Waals surface area contributed by atoms with E-state index < -0.39 is 26.4 Å². The van der Waals surface area contributed by atoms with Crippen molar-refractivity contribution in [1.29, 1.82) is 0 Å². The molecule has 0 heterocycles. The zero-order valence-corrected chi connectivity index (χ0v) is 15.6. The van der Waals surface area contributed by atoms with Gasteiger partial charge < -0.3 is 14.2 Å². The van der Waals surface area contributed by atoms with Gasteiger partial charge in [-0.1, -0.05) is 18.2 Å². The highest BCUT2D eigenvalue weighted by atomic mass is 32.2. The van der Waals surface area contributed by atoms with Gasteiger partial charge in [-0.15, -0.1) is 0 Å². The zero-order valence-electron chi connectivity index (χ0n) is 14.0. The van der Waals surface area contributed by atoms with E-state index in [9.17, 15) is 17.2 Å². The van der Waals surface area contributed by atoms with Gasteiger partial charge >= 0.3 is 0 Å². The first-order valence-electron chi connectivity index (χ1n) is 7.43. The molecule has 24 heavy (non-hydrogen) atoms. The third-order valence-electron chi connectivity index (χ3n) is 3.36. The monoisotopic (exact) mass is 373 g/mol. The Bertz CT molecular complexity index is 694. The Kier molecular flexibility index (Phi) is 8.34. The van der Waals surface area contributed by atoms with Crippen LogP contribution in [0.2, 0.25) is 0 Å². The first-order valence-corrected chi connectivity index (χ1v) is 10.1. The molecule has 0 spiro atoms. The van der Waals surface area contributed by atoms with Crippen molar-refractivity contribution >= 4 is 20.9 Å². The van der Waals surface area contributed by atoms with Crippen LogP contribution in [0.1, 0.15) is 13.8 Å². The average molecular weight is 373 g/mol. The van der Waals surface area contributed by atoms with E-state index >= 15 is 0 Å². The second-order valence-electron chi connectivity index (χ2n) is 4.79. The lowest BCUT2D eigenvalue weighted by molar-refractivity contribution is 0.192. The molecule has 2 atom stereocenters. The first kappa shape index (κ1) is 20.6. The molecular weight excluding hydrogens is 350 g/mol. The van der Waals surface area contributed by atoms with Crippen molar-refractivity contribution in [1.82, 2.24) is 4.90 Å². The molecular formula is C16H23NO5S2. The third-order valence-corrected chi connectivity index (χ3v) is 6.19. The fourth-order valence-corrected chi connectivity index (χ4v) is 4.49. The summed E-state index contributed by atoms with van der Waals surface area (Å²) in [5.74, 6) is 0. The molecule has 0 saturated heterocycles. The van der Waals surface area contributed by atoms with Crippen molar-refractivity contribution in [3.63, 3.8) is 0 Å². The molecule has 1 aromatic carbocycles. The van der Waals surface area contributed by atoms with E-state index in [0.717, 1.165) is 13.1 Å². The molecule has 0 aliphatic rings. The molecule has 0 fully saturated rings. The van der Waals surface area contributed by atoms with E-state index in [4.69, 9.17) is 4.74 Å². The maximum Gasteiger partial charge on any atom is 0.206 e. The molecule has 0 saturated carbocycles. The predicted octanol–water partition coefficient (Wildman–Crippen LogP) is 2.39. The molecule has 1 aromatic rings. The van der Waals surface area contributed by atoms with Crippen LogP contribution in [0, 0.1) is 0 Å². The van der Waals surface area contributed by atoms with Crippen LogP contribution in [0.25, 0.3) is 0 Å². The maximum absolute atomic E-state index is 12.8. The normalized spacial score (nSPS) is 15.4. The standard InChI is InChI=1S/C16H23NO5S2/c1-4-17(5-2)13-9-12-15(16(22-3)23(18)19)24(20,21)14-10-7-6-8-11-14/h6-13,16H,4-5H2,1-3H3,(H,18,19)/b13-9+,15-12+. The van der Waals surface area contributed by atoms with Crippen molar-refractivity contribution in [2.75, 3.05) is 20.2 Å². The van der Waals surface area contributed by atoms with Gasteiger partial charge in [-0.25, -0.2) is 12.6 Å². The highest BCUT2D eigenvalue weighted by Crippen LogP contribution is 2.24. The summed E-state index contributed by atoms with van der Waals surface area (Å²) < 4.78 is 51.5. The van der Waals surface area contributed by atoms with Crippen LogP contribution < -0.4 is 0 Å². The van der Waals surface area contributed by atoms with Gasteiger partial charge in [0.25, 0.3) is 0 Å². The molecule has 2 unspecified atom stereocenters. The zero-order chi connectivity index (χ0) is 18.2. The van der Waals surface area contributed by atoms with Crippen LogP contribution in [0.15, 0.2) is 58.5 Å². The summed E-state index contributed by atoms with van der Waals surface area (Å²) in [5, 5.41) is 0. The fourth-order valence-electron chi connectivity index (χ4n) is 2.02. The molecule has 0 amide bonds. The Morgan fingerprint density at radius 1 is 1.29 bits per heavy atom. The first-order chi connectivity index (χ1) is 11.4. The Morgan fingerprint density at radius 3 is 2.33 bits per heavy atom. The number of methoxy groups -OCH3 is 1. The minimum absolute atomic E-state index is 0.0417. The van der Waals surface area contributed by atoms with E-state index in [0.29, 0.717) is 0 Å². The summed E-state index contributed by atoms with van der Waals surface area (Å²) in [6, 6.07) is 7.75. The Hall–Kier alpha value is -1.48. The van der Waals surface area contributed by atoms with Gasteiger partial charge in [0, 0.05) is 20.2 Å². The molecule has 0 aromatic heterocycles. The molecule has 1 N–H and O–H groups in total. The van der Waals surface area contributed by atoms with E-state index in [1.165, 1.54) is 25.3 Å². The van der Waals surface area contributed by atoms with Gasteiger partial charge in [0.05, 0.1) is 9.80 Å². The summed E-state index contributed by atoms with van der Waals surface area (Å²) in [6.07, 6.45) is 4.58. The molecule has 6 nitrogen and oxygen atoms in total. The number of ether oxygens (including phenoxy) is 1. The van der Waals surface area contributed by atoms with Gasteiger partial charge in [0.2, 0.25) is 9.84 Å². The lowest BCUT2D eigenvalue weighted by atomic mass is 10.4. The number of hydrogen-bond donors (Lipinski definition) is 1. The minimum Gasteiger partial charge on any atom is -0.378 e. The quantitative estimate of drug-likeness (QED) is 0.529. The molecule has 1 rings (SSSR count). The topological polar surface area (TPSA) is 83.9 Å². The van der Waals surface area contributed by atoms with Crippen LogP contribution in [0.3, 0.4) is 0 Å². The van der Waals surface area contributed by atoms with Crippen molar-refractivity contribution in [2.45, 2.75) is 24.2 Å². The lowest BCUT2D eigenvalue weighted by Gasteiger charge is -2.17. The van der Waals surface area contributed by atoms with E-state index in [1.54, 1.807) is 30.5 Å². The molecule has 0 aliphatic heterocycles. The second-order valence-corrected chi connectivity index (χ2v) is 7.72. The number of rotatable bonds is 9. The fraction of sp³-hybridized carbons (Fsp3) is 0.375. The molecule has 0 radical (unpaired) electrons. The van der Waals surface area contributed by atoms with Crippen LogP contribution in [-0.4, -0.2) is 47.7 Å². The largest absolute Gasteiger partial charge is 0.378 e. The molecule has 0 bridgehead atoms. The number of allylic oxidation sites excluding steroid dienone is 2. The molecule has 8 heteroatoms. The molecule has 0 aliphatic carbocycles. The lowest BCUT2D eigenvalue weighted by Crippen LogP contribution is -2.25. The smallest absolute Gasteiger partial charge is 0.206 e. The van der Waals surface area contributed by atoms with E-state index in [-0.39, 0.29) is 9.80 Å². The summed E-state index contributed by atoms with van der Waals surface area (Å²) in [5.41, 5.74) is -1.46. The van der Waals surface area contributed by atoms with E-state index in [1.807, 2.05) is 18.7 Å². The maximum atomic E-state index is 12.8. The summed E-state index contributed by atoms with van der Waals surface area (Å²) in [6.45, 7) is 5.47. The average Bonchev–Trinajstić information content (AvgIpc) is 2.58. The van der Waals surface area contributed by atoms with Crippen LogP contribution in [0.5, 0.6) is 0 Å². The Morgan fingerprint density at radius 2 is 1.88 bits per heavy atom. The summed E-state index contributed by atoms with van der Waals surface area (Å²) in [7, 11) is -2.76. The van der Waals surface area contributed by atoms with Gasteiger partial charge in [-0.05, 0) is 44.3 Å². The van der Waals surface area contributed by atoms with Crippen LogP contribution in [-0.2, 0) is 25.7 Å². The van der Waals surface area contributed by atoms with Crippen molar-refractivity contribution in [2.24, 2.45) is 0 Å². The highest BCUT2D eigenvalue weighted by Gasteiger charge is 2.31. The Labute approximate surface area is 146 Å². The predicted molar refractivity (Wildman–Crippen MR) is 95.3 cm³/mol. The van der Waals surface area contributed by atoms with Gasteiger partial charge in [-0.2, -0.15) is 0 Å². The number of sulfone groups is 1. The highest BCUT2D eigenvalue weighted by molar-refractivity contribution is 7.96. The SMILES string of the molecule is CCN(/C=C/C=C(\C(OC)S(=O)O)S(=O)(=O)c1ccccc1)CC. The van der Waals surface area contributed by atoms with Crippen molar-refractivity contribution < 1.29 is 21.9 Å². The summed E-state index contributed by atoms with van der Waals surface area (Å²) >= 11 is -2.49. The van der Waals surface area contributed by atoms with Gasteiger partial charge in [-0.3, -0.25) is 0 Å². The Balaban J connectivity index is 3.36. The van der Waals surface area contributed by atoms with E-state index in [2.05, 4.69) is 0 Å². The van der Waals surface area contributed by atoms with Gasteiger partial charge in [0.1, 0.15) is 0 Å². The number of hydrogen-bond acceptors (Lipinski definition) is 5. The van der Waals surface area contributed by atoms with Crippen molar-refractivity contribution in [3.05, 3.63) is 53.6 Å². The molecule has 134 valence electrons. The minimum atomic E-state index is -3.96. The van der Waals surface area contributed by atoms with Crippen molar-refractivity contribution in [3.8, 4) is 0 Å². The third kappa shape index (κ3) is 5.27.